The van der Waals surface area contributed by atoms with Crippen LogP contribution in [0.15, 0.2) is 24.3 Å². The molecule has 6 nitrogen and oxygen atoms in total. The van der Waals surface area contributed by atoms with Crippen LogP contribution < -0.4 is 0 Å². The van der Waals surface area contributed by atoms with Crippen molar-refractivity contribution < 1.29 is 28.6 Å². The number of carbonyl (C=O) groups is 3. The number of ether oxygens (including phenoxy) is 3. The van der Waals surface area contributed by atoms with Gasteiger partial charge in [-0.05, 0) is 70.6 Å². The monoisotopic (exact) mass is 929 g/mol. The van der Waals surface area contributed by atoms with E-state index >= 15 is 0 Å². The third-order valence-corrected chi connectivity index (χ3v) is 13.2. The first-order valence-electron chi connectivity index (χ1n) is 29.3. The second-order valence-electron chi connectivity index (χ2n) is 19.9. The molecular weight excluding hydrogens is 817 g/mol. The Labute approximate surface area is 411 Å². The third-order valence-electron chi connectivity index (χ3n) is 13.2. The van der Waals surface area contributed by atoms with Crippen LogP contribution in [-0.2, 0) is 28.6 Å². The van der Waals surface area contributed by atoms with Crippen molar-refractivity contribution in [2.75, 3.05) is 13.2 Å². The molecule has 0 N–H and O–H groups in total. The molecule has 0 spiro atoms. The molecule has 1 atom stereocenters. The highest BCUT2D eigenvalue weighted by molar-refractivity contribution is 5.71. The molecule has 6 heteroatoms. The normalized spacial score (nSPS) is 12.1. The van der Waals surface area contributed by atoms with Crippen molar-refractivity contribution in [2.24, 2.45) is 0 Å². The minimum absolute atomic E-state index is 0.0730. The molecule has 0 saturated carbocycles. The smallest absolute Gasteiger partial charge is 0.306 e. The molecule has 0 amide bonds. The van der Waals surface area contributed by atoms with Crippen LogP contribution in [-0.4, -0.2) is 37.2 Å². The first kappa shape index (κ1) is 63.9. The fraction of sp³-hybridized carbons (Fsp3) is 0.883. The van der Waals surface area contributed by atoms with Gasteiger partial charge in [-0.3, -0.25) is 14.4 Å². The average molecular weight is 930 g/mol. The van der Waals surface area contributed by atoms with Crippen LogP contribution in [0.4, 0.5) is 0 Å². The van der Waals surface area contributed by atoms with Crippen molar-refractivity contribution in [2.45, 2.75) is 329 Å². The van der Waals surface area contributed by atoms with Crippen molar-refractivity contribution in [3.05, 3.63) is 24.3 Å². The Balaban J connectivity index is 4.21. The number of allylic oxidation sites excluding steroid dienone is 4. The molecule has 0 radical (unpaired) electrons. The van der Waals surface area contributed by atoms with Gasteiger partial charge in [0, 0.05) is 19.3 Å². The van der Waals surface area contributed by atoms with Gasteiger partial charge < -0.3 is 14.2 Å². The summed E-state index contributed by atoms with van der Waals surface area (Å²) in [6.07, 6.45) is 64.7. The molecular formula is C60H112O6. The second-order valence-corrected chi connectivity index (χ2v) is 19.9. The van der Waals surface area contributed by atoms with E-state index in [-0.39, 0.29) is 31.1 Å². The minimum Gasteiger partial charge on any atom is -0.462 e. The van der Waals surface area contributed by atoms with E-state index in [4.69, 9.17) is 14.2 Å². The number of unbranched alkanes of at least 4 members (excludes halogenated alkanes) is 39. The molecule has 388 valence electrons. The van der Waals surface area contributed by atoms with Crippen molar-refractivity contribution in [1.82, 2.24) is 0 Å². The van der Waals surface area contributed by atoms with Crippen molar-refractivity contribution in [3.8, 4) is 0 Å². The van der Waals surface area contributed by atoms with Crippen LogP contribution in [0.3, 0.4) is 0 Å². The van der Waals surface area contributed by atoms with E-state index in [0.29, 0.717) is 19.3 Å². The molecule has 0 fully saturated rings. The van der Waals surface area contributed by atoms with Crippen LogP contribution in [0.2, 0.25) is 0 Å². The Morgan fingerprint density at radius 1 is 0.288 bits per heavy atom. The zero-order chi connectivity index (χ0) is 47.9. The molecule has 0 bridgehead atoms. The van der Waals surface area contributed by atoms with E-state index < -0.39 is 6.10 Å². The van der Waals surface area contributed by atoms with Gasteiger partial charge in [0.15, 0.2) is 6.10 Å². The second kappa shape index (κ2) is 55.5. The van der Waals surface area contributed by atoms with E-state index in [1.165, 1.54) is 212 Å². The van der Waals surface area contributed by atoms with E-state index in [1.807, 2.05) is 0 Å². The molecule has 0 aromatic rings. The summed E-state index contributed by atoms with van der Waals surface area (Å²) in [6, 6.07) is 0. The van der Waals surface area contributed by atoms with Gasteiger partial charge in [-0.1, -0.05) is 257 Å². The molecule has 0 aromatic heterocycles. The highest BCUT2D eigenvalue weighted by atomic mass is 16.6. The fourth-order valence-electron chi connectivity index (χ4n) is 8.73. The Hall–Kier alpha value is -2.11. The zero-order valence-corrected chi connectivity index (χ0v) is 44.5. The molecule has 1 unspecified atom stereocenters. The summed E-state index contributed by atoms with van der Waals surface area (Å²) in [4.78, 5) is 38.1. The summed E-state index contributed by atoms with van der Waals surface area (Å²) in [5, 5.41) is 0. The first-order chi connectivity index (χ1) is 32.5. The number of carbonyl (C=O) groups excluding carboxylic acids is 3. The fourth-order valence-corrected chi connectivity index (χ4v) is 8.73. The highest BCUT2D eigenvalue weighted by Gasteiger charge is 2.19. The lowest BCUT2D eigenvalue weighted by molar-refractivity contribution is -0.167. The van der Waals surface area contributed by atoms with E-state index in [2.05, 4.69) is 45.1 Å². The maximum absolute atomic E-state index is 12.8. The van der Waals surface area contributed by atoms with E-state index in [0.717, 1.165) is 70.6 Å². The van der Waals surface area contributed by atoms with E-state index in [9.17, 15) is 14.4 Å². The highest BCUT2D eigenvalue weighted by Crippen LogP contribution is 2.17. The molecule has 0 aromatic carbocycles. The van der Waals surface area contributed by atoms with Gasteiger partial charge in [-0.2, -0.15) is 0 Å². The molecule has 0 aliphatic heterocycles. The van der Waals surface area contributed by atoms with E-state index in [1.54, 1.807) is 0 Å². The van der Waals surface area contributed by atoms with Gasteiger partial charge in [0.25, 0.3) is 0 Å². The topological polar surface area (TPSA) is 78.9 Å². The lowest BCUT2D eigenvalue weighted by atomic mass is 10.0. The Morgan fingerprint density at radius 2 is 0.500 bits per heavy atom. The molecule has 0 aliphatic carbocycles. The summed E-state index contributed by atoms with van der Waals surface area (Å²) in [7, 11) is 0. The summed E-state index contributed by atoms with van der Waals surface area (Å²) in [5.74, 6) is -0.873. The Morgan fingerprint density at radius 3 is 0.803 bits per heavy atom. The summed E-state index contributed by atoms with van der Waals surface area (Å²) < 4.78 is 16.8. The quantitative estimate of drug-likeness (QED) is 0.0262. The van der Waals surface area contributed by atoms with Gasteiger partial charge in [0.2, 0.25) is 0 Å². The SMILES string of the molecule is CCCCC/C=C\CCCCCCCC(=O)OCC(COC(=O)CCCCCCCCCCCCCCCCCCCCCCCCC)OC(=O)CCCCCCC/C=C\CCCCCC. The van der Waals surface area contributed by atoms with Gasteiger partial charge in [0.05, 0.1) is 0 Å². The summed E-state index contributed by atoms with van der Waals surface area (Å²) >= 11 is 0. The standard InChI is InChI=1S/C60H112O6/c1-4-7-10-13-16-19-22-25-26-27-28-29-30-31-32-33-34-36-38-41-44-47-50-53-59(62)65-56-57(55-64-58(61)52-49-46-43-40-37-24-21-18-15-12-9-6-3)66-60(63)54-51-48-45-42-39-35-23-20-17-14-11-8-5-2/h18,20-21,23,57H,4-17,19,22,24-56H2,1-3H3/b21-18-,23-20-. The first-order valence-corrected chi connectivity index (χ1v) is 29.3. The third kappa shape index (κ3) is 52.9. The van der Waals surface area contributed by atoms with Crippen molar-refractivity contribution >= 4 is 17.9 Å². The van der Waals surface area contributed by atoms with Crippen LogP contribution in [0.5, 0.6) is 0 Å². The molecule has 0 rings (SSSR count). The zero-order valence-electron chi connectivity index (χ0n) is 44.5. The average Bonchev–Trinajstić information content (AvgIpc) is 3.31. The Kier molecular flexibility index (Phi) is 53.7. The molecule has 66 heavy (non-hydrogen) atoms. The maximum Gasteiger partial charge on any atom is 0.306 e. The predicted molar refractivity (Wildman–Crippen MR) is 284 cm³/mol. The Bertz CT molecular complexity index is 1070. The van der Waals surface area contributed by atoms with Crippen LogP contribution in [0.1, 0.15) is 323 Å². The van der Waals surface area contributed by atoms with Gasteiger partial charge in [-0.15, -0.1) is 0 Å². The largest absolute Gasteiger partial charge is 0.462 e. The van der Waals surface area contributed by atoms with Crippen molar-refractivity contribution in [3.63, 3.8) is 0 Å². The minimum atomic E-state index is -0.774. The molecule has 0 heterocycles. The van der Waals surface area contributed by atoms with Crippen LogP contribution in [0.25, 0.3) is 0 Å². The summed E-state index contributed by atoms with van der Waals surface area (Å²) in [6.45, 7) is 6.63. The molecule has 0 saturated heterocycles. The van der Waals surface area contributed by atoms with Gasteiger partial charge in [-0.25, -0.2) is 0 Å². The number of esters is 3. The number of rotatable bonds is 54. The lowest BCUT2D eigenvalue weighted by Gasteiger charge is -2.18. The van der Waals surface area contributed by atoms with Crippen molar-refractivity contribution in [1.29, 1.82) is 0 Å². The molecule has 0 aliphatic rings. The van der Waals surface area contributed by atoms with Gasteiger partial charge in [0.1, 0.15) is 13.2 Å². The van der Waals surface area contributed by atoms with Crippen LogP contribution >= 0.6 is 0 Å². The van der Waals surface area contributed by atoms with Crippen LogP contribution in [0, 0.1) is 0 Å². The lowest BCUT2D eigenvalue weighted by Crippen LogP contribution is -2.30. The summed E-state index contributed by atoms with van der Waals surface area (Å²) in [5.41, 5.74) is 0. The maximum atomic E-state index is 12.8. The number of hydrogen-bond acceptors (Lipinski definition) is 6. The van der Waals surface area contributed by atoms with Gasteiger partial charge >= 0.3 is 17.9 Å². The predicted octanol–water partition coefficient (Wildman–Crippen LogP) is 19.5. The number of hydrogen-bond donors (Lipinski definition) is 0.